The summed E-state index contributed by atoms with van der Waals surface area (Å²) < 4.78 is 67.9. The van der Waals surface area contributed by atoms with Crippen molar-refractivity contribution in [3.63, 3.8) is 0 Å². The summed E-state index contributed by atoms with van der Waals surface area (Å²) in [6, 6.07) is 16.2. The van der Waals surface area contributed by atoms with Crippen molar-refractivity contribution < 1.29 is 56.1 Å². The molecule has 2 fully saturated rings. The Hall–Kier alpha value is -3.50. The number of β-lactam (4-membered cyclic amide) rings is 1. The number of amides is 1. The Bertz CT molecular complexity index is 1570. The SMILES string of the molecule is CO[C@H]1O[C@H](CS(=O)(=O)Oc2ccc(C3C(CCC(O)c4ccc(F)cc4)C(=O)N3c3ccc(F)cc3)cc2)[C@@H](O)[C@H](O)[C@H]1O. The highest BCUT2D eigenvalue weighted by Gasteiger charge is 2.49. The van der Waals surface area contributed by atoms with Crippen LogP contribution in [0.3, 0.4) is 0 Å². The highest BCUT2D eigenvalue weighted by atomic mass is 32.2. The zero-order chi connectivity index (χ0) is 32.5. The van der Waals surface area contributed by atoms with Gasteiger partial charge in [-0.2, -0.15) is 8.42 Å². The van der Waals surface area contributed by atoms with Crippen molar-refractivity contribution in [2.24, 2.45) is 5.92 Å². The fraction of sp³-hybridized carbons (Fsp3) is 0.387. The molecule has 0 radical (unpaired) electrons. The van der Waals surface area contributed by atoms with Gasteiger partial charge in [0.25, 0.3) is 0 Å². The zero-order valence-electron chi connectivity index (χ0n) is 24.0. The first kappa shape index (κ1) is 32.9. The van der Waals surface area contributed by atoms with Gasteiger partial charge in [-0.1, -0.05) is 24.3 Å². The molecule has 1 amide bonds. The number of methoxy groups -OCH3 is 1. The normalized spacial score (nSPS) is 27.6. The van der Waals surface area contributed by atoms with Gasteiger partial charge >= 0.3 is 10.1 Å². The van der Waals surface area contributed by atoms with E-state index in [1.54, 1.807) is 12.1 Å². The maximum absolute atomic E-state index is 13.6. The Balaban J connectivity index is 1.31. The summed E-state index contributed by atoms with van der Waals surface area (Å²) >= 11 is 0. The second-order valence-electron chi connectivity index (χ2n) is 11.0. The van der Waals surface area contributed by atoms with E-state index in [1.165, 1.54) is 72.7 Å². The highest BCUT2D eigenvalue weighted by molar-refractivity contribution is 7.87. The molecule has 242 valence electrons. The molecule has 3 unspecified atom stereocenters. The van der Waals surface area contributed by atoms with Crippen molar-refractivity contribution in [3.8, 4) is 5.75 Å². The maximum atomic E-state index is 13.6. The van der Waals surface area contributed by atoms with Crippen molar-refractivity contribution in [1.29, 1.82) is 0 Å². The molecule has 0 saturated carbocycles. The van der Waals surface area contributed by atoms with Crippen molar-refractivity contribution >= 4 is 21.7 Å². The van der Waals surface area contributed by atoms with Crippen LogP contribution in [0.1, 0.15) is 36.1 Å². The number of hydrogen-bond acceptors (Lipinski definition) is 10. The van der Waals surface area contributed by atoms with Crippen molar-refractivity contribution in [3.05, 3.63) is 95.6 Å². The van der Waals surface area contributed by atoms with Gasteiger partial charge in [0.15, 0.2) is 6.29 Å². The summed E-state index contributed by atoms with van der Waals surface area (Å²) in [7, 11) is -3.19. The van der Waals surface area contributed by atoms with Crippen LogP contribution in [-0.2, 0) is 24.4 Å². The third-order valence-corrected chi connectivity index (χ3v) is 9.22. The average Bonchev–Trinajstić information content (AvgIpc) is 3.01. The summed E-state index contributed by atoms with van der Waals surface area (Å²) in [5.41, 5.74) is 1.58. The lowest BCUT2D eigenvalue weighted by Gasteiger charge is -2.48. The van der Waals surface area contributed by atoms with E-state index in [4.69, 9.17) is 13.7 Å². The van der Waals surface area contributed by atoms with Crippen molar-refractivity contribution in [2.75, 3.05) is 17.8 Å². The molecule has 2 saturated heterocycles. The predicted octanol–water partition coefficient (Wildman–Crippen LogP) is 2.35. The molecule has 2 aliphatic rings. The number of benzene rings is 3. The molecule has 45 heavy (non-hydrogen) atoms. The summed E-state index contributed by atoms with van der Waals surface area (Å²) in [5, 5.41) is 40.8. The summed E-state index contributed by atoms with van der Waals surface area (Å²) in [6.45, 7) is 0. The van der Waals surface area contributed by atoms with E-state index in [1.807, 2.05) is 0 Å². The lowest BCUT2D eigenvalue weighted by atomic mass is 9.78. The van der Waals surface area contributed by atoms with Crippen LogP contribution in [0.4, 0.5) is 14.5 Å². The van der Waals surface area contributed by atoms with Crippen LogP contribution >= 0.6 is 0 Å². The van der Waals surface area contributed by atoms with Crippen LogP contribution in [-0.4, -0.2) is 78.3 Å². The second kappa shape index (κ2) is 13.5. The second-order valence-corrected chi connectivity index (χ2v) is 12.6. The molecule has 0 aliphatic carbocycles. The maximum Gasteiger partial charge on any atom is 0.311 e. The molecule has 4 N–H and O–H groups in total. The van der Waals surface area contributed by atoms with Crippen molar-refractivity contribution in [2.45, 2.75) is 55.7 Å². The number of nitrogens with zero attached hydrogens (tertiary/aromatic N) is 1. The third kappa shape index (κ3) is 7.17. The number of aliphatic hydroxyl groups excluding tert-OH is 4. The Morgan fingerprint density at radius 3 is 2.09 bits per heavy atom. The highest BCUT2D eigenvalue weighted by Crippen LogP contribution is 2.46. The molecular formula is C31H33F2NO10S. The lowest BCUT2D eigenvalue weighted by Crippen LogP contribution is -2.59. The van der Waals surface area contributed by atoms with Gasteiger partial charge in [0.2, 0.25) is 5.91 Å². The fourth-order valence-electron chi connectivity index (χ4n) is 5.64. The van der Waals surface area contributed by atoms with Gasteiger partial charge < -0.3 is 39.0 Å². The number of carbonyl (C=O) groups is 1. The quantitative estimate of drug-likeness (QED) is 0.179. The number of halogens is 2. The first-order valence-corrected chi connectivity index (χ1v) is 15.7. The van der Waals surface area contributed by atoms with Gasteiger partial charge in [-0.15, -0.1) is 0 Å². The van der Waals surface area contributed by atoms with E-state index < -0.39 is 76.3 Å². The molecule has 2 heterocycles. The van der Waals surface area contributed by atoms with Gasteiger partial charge in [-0.25, -0.2) is 8.78 Å². The molecule has 11 nitrogen and oxygen atoms in total. The number of rotatable bonds is 11. The predicted molar refractivity (Wildman–Crippen MR) is 155 cm³/mol. The molecule has 0 bridgehead atoms. The molecule has 3 aromatic rings. The molecule has 3 aromatic carbocycles. The summed E-state index contributed by atoms with van der Waals surface area (Å²) in [6.07, 6.45) is -8.27. The van der Waals surface area contributed by atoms with E-state index >= 15 is 0 Å². The largest absolute Gasteiger partial charge is 0.388 e. The monoisotopic (exact) mass is 649 g/mol. The molecule has 0 aromatic heterocycles. The van der Waals surface area contributed by atoms with Crippen LogP contribution in [0.25, 0.3) is 0 Å². The first-order valence-electron chi connectivity index (χ1n) is 14.1. The Morgan fingerprint density at radius 1 is 0.889 bits per heavy atom. The Labute approximate surface area is 258 Å². The minimum atomic E-state index is -4.37. The van der Waals surface area contributed by atoms with Crippen LogP contribution in [0.5, 0.6) is 5.75 Å². The summed E-state index contributed by atoms with van der Waals surface area (Å²) in [5.74, 6) is -2.65. The van der Waals surface area contributed by atoms with Crippen LogP contribution < -0.4 is 9.08 Å². The van der Waals surface area contributed by atoms with Gasteiger partial charge in [0, 0.05) is 12.8 Å². The molecule has 14 heteroatoms. The van der Waals surface area contributed by atoms with E-state index in [0.29, 0.717) is 16.8 Å². The number of anilines is 1. The minimum absolute atomic E-state index is 0.0739. The lowest BCUT2D eigenvalue weighted by molar-refractivity contribution is -0.285. The Morgan fingerprint density at radius 2 is 1.49 bits per heavy atom. The molecule has 2 aliphatic heterocycles. The summed E-state index contributed by atoms with van der Waals surface area (Å²) in [4.78, 5) is 14.8. The van der Waals surface area contributed by atoms with E-state index in [9.17, 15) is 42.4 Å². The van der Waals surface area contributed by atoms with Gasteiger partial charge in [0.05, 0.1) is 18.1 Å². The smallest absolute Gasteiger partial charge is 0.311 e. The van der Waals surface area contributed by atoms with Crippen LogP contribution in [0.2, 0.25) is 0 Å². The van der Waals surface area contributed by atoms with E-state index in [0.717, 1.165) is 0 Å². The standard InChI is InChI=1S/C31H33F2NO10S/c1-42-31-29(38)28(37)27(36)25(43-31)16-45(40,41)44-22-12-4-18(5-13-22)26-23(14-15-24(35)17-2-6-19(32)7-3-17)30(39)34(26)21-10-8-20(33)9-11-21/h2-13,23-29,31,35-38H,14-16H2,1H3/t23?,24?,25-,26?,27-,28+,29-,31+/m1/s1. The number of ether oxygens (including phenoxy) is 2. The fourth-order valence-corrected chi connectivity index (χ4v) is 6.79. The molecule has 0 spiro atoms. The molecular weight excluding hydrogens is 616 g/mol. The zero-order valence-corrected chi connectivity index (χ0v) is 24.8. The first-order chi connectivity index (χ1) is 21.4. The topological polar surface area (TPSA) is 163 Å². The van der Waals surface area contributed by atoms with Crippen LogP contribution in [0, 0.1) is 17.6 Å². The molecule has 8 atom stereocenters. The average molecular weight is 650 g/mol. The van der Waals surface area contributed by atoms with Gasteiger partial charge in [0.1, 0.15) is 47.6 Å². The van der Waals surface area contributed by atoms with E-state index in [2.05, 4.69) is 0 Å². The van der Waals surface area contributed by atoms with Crippen molar-refractivity contribution in [1.82, 2.24) is 0 Å². The number of carbonyl (C=O) groups excluding carboxylic acids is 1. The van der Waals surface area contributed by atoms with Gasteiger partial charge in [-0.05, 0) is 72.5 Å². The Kier molecular flexibility index (Phi) is 9.84. The van der Waals surface area contributed by atoms with Gasteiger partial charge in [-0.3, -0.25) is 4.79 Å². The number of hydrogen-bond donors (Lipinski definition) is 4. The van der Waals surface area contributed by atoms with E-state index in [-0.39, 0.29) is 24.5 Å². The minimum Gasteiger partial charge on any atom is -0.388 e. The van der Waals surface area contributed by atoms with Crippen LogP contribution in [0.15, 0.2) is 72.8 Å². The molecule has 5 rings (SSSR count). The number of aliphatic hydroxyl groups is 4. The third-order valence-electron chi connectivity index (χ3n) is 8.04.